The molecule has 1 rings (SSSR count). The lowest BCUT2D eigenvalue weighted by atomic mass is 10.1. The monoisotopic (exact) mass is 399 g/mol. The lowest BCUT2D eigenvalue weighted by Crippen LogP contribution is -2.31. The van der Waals surface area contributed by atoms with Crippen molar-refractivity contribution >= 4 is 15.9 Å². The maximum Gasteiger partial charge on any atom is 0.165 e. The van der Waals surface area contributed by atoms with Crippen LogP contribution in [0, 0.1) is 12.8 Å². The zero-order valence-electron chi connectivity index (χ0n) is 15.6. The first-order valence-corrected chi connectivity index (χ1v) is 9.24. The number of ether oxygens (including phenoxy) is 3. The van der Waals surface area contributed by atoms with Crippen molar-refractivity contribution in [2.24, 2.45) is 5.92 Å². The molecule has 0 aromatic heterocycles. The Morgan fingerprint density at radius 3 is 2.38 bits per heavy atom. The molecule has 0 aliphatic carbocycles. The molecule has 0 aliphatic rings. The predicted octanol–water partition coefficient (Wildman–Crippen LogP) is 4.79. The molecule has 4 nitrogen and oxygen atoms in total. The molecular formula is C19H30BrNO3. The van der Waals surface area contributed by atoms with E-state index in [2.05, 4.69) is 53.3 Å². The van der Waals surface area contributed by atoms with Crippen molar-refractivity contribution in [2.75, 3.05) is 20.3 Å². The number of aryl methyl sites for hydroxylation is 1. The number of hydrogen-bond acceptors (Lipinski definition) is 4. The predicted molar refractivity (Wildman–Crippen MR) is 102 cm³/mol. The molecule has 24 heavy (non-hydrogen) atoms. The zero-order chi connectivity index (χ0) is 18.1. The highest BCUT2D eigenvalue weighted by atomic mass is 79.9. The molecule has 1 N–H and O–H groups in total. The molecule has 1 atom stereocenters. The van der Waals surface area contributed by atoms with E-state index in [1.165, 1.54) is 0 Å². The van der Waals surface area contributed by atoms with Gasteiger partial charge in [0.15, 0.2) is 6.29 Å². The van der Waals surface area contributed by atoms with Crippen molar-refractivity contribution < 1.29 is 14.2 Å². The van der Waals surface area contributed by atoms with Crippen molar-refractivity contribution in [3.8, 4) is 5.75 Å². The summed E-state index contributed by atoms with van der Waals surface area (Å²) in [5.41, 5.74) is 3.36. The van der Waals surface area contributed by atoms with Crippen LogP contribution in [0.25, 0.3) is 0 Å². The summed E-state index contributed by atoms with van der Waals surface area (Å²) in [6.07, 6.45) is 1.83. The molecule has 136 valence electrons. The SMILES string of the molecule is C/C=C(\NCc1ccc(C)c(Br)c1OC)C(C)C(OCC)OCC. The number of benzene rings is 1. The van der Waals surface area contributed by atoms with Gasteiger partial charge < -0.3 is 19.5 Å². The topological polar surface area (TPSA) is 39.7 Å². The highest BCUT2D eigenvalue weighted by Crippen LogP contribution is 2.32. The van der Waals surface area contributed by atoms with Crippen molar-refractivity contribution in [3.63, 3.8) is 0 Å². The van der Waals surface area contributed by atoms with E-state index in [1.807, 2.05) is 20.8 Å². The fourth-order valence-electron chi connectivity index (χ4n) is 2.59. The third-order valence-electron chi connectivity index (χ3n) is 3.93. The molecule has 0 bridgehead atoms. The van der Waals surface area contributed by atoms with Gasteiger partial charge in [0, 0.05) is 36.9 Å². The van der Waals surface area contributed by atoms with E-state index in [4.69, 9.17) is 14.2 Å². The minimum Gasteiger partial charge on any atom is -0.495 e. The summed E-state index contributed by atoms with van der Waals surface area (Å²) in [6.45, 7) is 12.1. The molecule has 1 aromatic carbocycles. The maximum absolute atomic E-state index is 5.72. The summed E-state index contributed by atoms with van der Waals surface area (Å²) < 4.78 is 18.0. The van der Waals surface area contributed by atoms with Gasteiger partial charge in [-0.1, -0.05) is 25.1 Å². The van der Waals surface area contributed by atoms with E-state index >= 15 is 0 Å². The van der Waals surface area contributed by atoms with E-state index < -0.39 is 0 Å². The molecule has 1 unspecified atom stereocenters. The summed E-state index contributed by atoms with van der Waals surface area (Å²) in [5, 5.41) is 3.50. The smallest absolute Gasteiger partial charge is 0.165 e. The van der Waals surface area contributed by atoms with Gasteiger partial charge in [-0.3, -0.25) is 0 Å². The summed E-state index contributed by atoms with van der Waals surface area (Å²) >= 11 is 3.60. The number of halogens is 1. The highest BCUT2D eigenvalue weighted by Gasteiger charge is 2.21. The minimum atomic E-state index is -0.245. The van der Waals surface area contributed by atoms with Crippen LogP contribution >= 0.6 is 15.9 Å². The second-order valence-electron chi connectivity index (χ2n) is 5.55. The van der Waals surface area contributed by atoms with Crippen LogP contribution in [-0.4, -0.2) is 26.6 Å². The number of methoxy groups -OCH3 is 1. The molecule has 0 saturated heterocycles. The summed E-state index contributed by atoms with van der Waals surface area (Å²) in [6, 6.07) is 4.18. The molecule has 0 saturated carbocycles. The van der Waals surface area contributed by atoms with Crippen molar-refractivity contribution in [1.82, 2.24) is 5.32 Å². The first-order chi connectivity index (χ1) is 11.5. The van der Waals surface area contributed by atoms with Gasteiger partial charge in [-0.05, 0) is 49.2 Å². The van der Waals surface area contributed by atoms with Crippen LogP contribution in [0.5, 0.6) is 5.75 Å². The van der Waals surface area contributed by atoms with Crippen LogP contribution in [0.1, 0.15) is 38.8 Å². The van der Waals surface area contributed by atoms with Crippen LogP contribution < -0.4 is 10.1 Å². The molecule has 0 heterocycles. The average molecular weight is 400 g/mol. The number of hydrogen-bond donors (Lipinski definition) is 1. The first-order valence-electron chi connectivity index (χ1n) is 8.45. The number of rotatable bonds is 10. The minimum absolute atomic E-state index is 0.120. The molecule has 0 fully saturated rings. The zero-order valence-corrected chi connectivity index (χ0v) is 17.2. The highest BCUT2D eigenvalue weighted by molar-refractivity contribution is 9.10. The Balaban J connectivity index is 2.85. The van der Waals surface area contributed by atoms with Gasteiger partial charge in [0.25, 0.3) is 0 Å². The second-order valence-corrected chi connectivity index (χ2v) is 6.35. The fourth-order valence-corrected chi connectivity index (χ4v) is 3.14. The van der Waals surface area contributed by atoms with Crippen LogP contribution in [0.15, 0.2) is 28.4 Å². The standard InChI is InChI=1S/C19H30BrNO3/c1-7-16(14(5)19(23-8-2)24-9-3)21-12-15-11-10-13(4)17(20)18(15)22-6/h7,10-11,14,19,21H,8-9,12H2,1-6H3/b16-7-. The normalized spacial score (nSPS) is 13.2. The van der Waals surface area contributed by atoms with E-state index in [0.29, 0.717) is 19.8 Å². The average Bonchev–Trinajstić information content (AvgIpc) is 2.58. The lowest BCUT2D eigenvalue weighted by Gasteiger charge is -2.27. The Kier molecular flexibility index (Phi) is 9.41. The van der Waals surface area contributed by atoms with E-state index in [-0.39, 0.29) is 12.2 Å². The summed E-state index contributed by atoms with van der Waals surface area (Å²) in [5.74, 6) is 0.992. The van der Waals surface area contributed by atoms with Crippen molar-refractivity contribution in [3.05, 3.63) is 39.5 Å². The van der Waals surface area contributed by atoms with Crippen LogP contribution in [-0.2, 0) is 16.0 Å². The molecule has 0 radical (unpaired) electrons. The van der Waals surface area contributed by atoms with Gasteiger partial charge in [-0.15, -0.1) is 0 Å². The molecule has 0 spiro atoms. The van der Waals surface area contributed by atoms with E-state index in [9.17, 15) is 0 Å². The number of nitrogens with one attached hydrogen (secondary N) is 1. The Morgan fingerprint density at radius 2 is 1.88 bits per heavy atom. The van der Waals surface area contributed by atoms with Crippen molar-refractivity contribution in [2.45, 2.75) is 47.5 Å². The summed E-state index contributed by atoms with van der Waals surface area (Å²) in [7, 11) is 1.70. The van der Waals surface area contributed by atoms with Gasteiger partial charge in [0.2, 0.25) is 0 Å². The van der Waals surface area contributed by atoms with E-state index in [1.54, 1.807) is 7.11 Å². The van der Waals surface area contributed by atoms with Gasteiger partial charge in [-0.2, -0.15) is 0 Å². The van der Waals surface area contributed by atoms with Gasteiger partial charge >= 0.3 is 0 Å². The second kappa shape index (κ2) is 10.7. The molecule has 0 amide bonds. The van der Waals surface area contributed by atoms with Crippen LogP contribution in [0.4, 0.5) is 0 Å². The molecule has 5 heteroatoms. The number of allylic oxidation sites excluding steroid dienone is 1. The third-order valence-corrected chi connectivity index (χ3v) is 4.92. The molecule has 1 aromatic rings. The van der Waals surface area contributed by atoms with Crippen LogP contribution in [0.3, 0.4) is 0 Å². The van der Waals surface area contributed by atoms with Gasteiger partial charge in [-0.25, -0.2) is 0 Å². The van der Waals surface area contributed by atoms with Gasteiger partial charge in [0.1, 0.15) is 5.75 Å². The molecule has 0 aliphatic heterocycles. The Labute approximate surface area is 154 Å². The van der Waals surface area contributed by atoms with Crippen LogP contribution in [0.2, 0.25) is 0 Å². The Hall–Kier alpha value is -1.04. The van der Waals surface area contributed by atoms with Crippen molar-refractivity contribution in [1.29, 1.82) is 0 Å². The summed E-state index contributed by atoms with van der Waals surface area (Å²) in [4.78, 5) is 0. The Morgan fingerprint density at radius 1 is 1.25 bits per heavy atom. The van der Waals surface area contributed by atoms with E-state index in [0.717, 1.165) is 27.0 Å². The first kappa shape index (κ1) is 21.0. The lowest BCUT2D eigenvalue weighted by molar-refractivity contribution is -0.157. The third kappa shape index (κ3) is 5.50. The maximum atomic E-state index is 5.72. The molecular weight excluding hydrogens is 370 g/mol. The van der Waals surface area contributed by atoms with Gasteiger partial charge in [0.05, 0.1) is 11.6 Å². The fraction of sp³-hybridized carbons (Fsp3) is 0.579. The Bertz CT molecular complexity index is 540. The quantitative estimate of drug-likeness (QED) is 0.573. The largest absolute Gasteiger partial charge is 0.495 e.